The Balaban J connectivity index is 1.77. The molecule has 4 heteroatoms. The highest BCUT2D eigenvalue weighted by molar-refractivity contribution is 4.96. The van der Waals surface area contributed by atoms with Crippen molar-refractivity contribution >= 4 is 0 Å². The van der Waals surface area contributed by atoms with E-state index in [0.29, 0.717) is 13.2 Å². The first-order valence-electron chi connectivity index (χ1n) is 5.44. The second-order valence-electron chi connectivity index (χ2n) is 4.74. The summed E-state index contributed by atoms with van der Waals surface area (Å²) in [4.78, 5) is 0. The van der Waals surface area contributed by atoms with Gasteiger partial charge in [-0.1, -0.05) is 6.42 Å². The van der Waals surface area contributed by atoms with Crippen LogP contribution in [-0.2, 0) is 14.2 Å². The Morgan fingerprint density at radius 3 is 2.50 bits per heavy atom. The minimum absolute atomic E-state index is 0.209. The number of piperidine rings is 1. The zero-order valence-electron chi connectivity index (χ0n) is 8.54. The first-order chi connectivity index (χ1) is 6.73. The van der Waals surface area contributed by atoms with E-state index in [1.165, 1.54) is 12.8 Å². The van der Waals surface area contributed by atoms with Gasteiger partial charge in [0.25, 0.3) is 5.97 Å². The van der Waals surface area contributed by atoms with Crippen molar-refractivity contribution in [1.29, 1.82) is 0 Å². The molecular formula is C10H17NO3. The minimum atomic E-state index is -0.769. The van der Waals surface area contributed by atoms with Gasteiger partial charge in [-0.2, -0.15) is 0 Å². The van der Waals surface area contributed by atoms with E-state index >= 15 is 0 Å². The summed E-state index contributed by atoms with van der Waals surface area (Å²) in [5.74, 6) is -0.769. The summed E-state index contributed by atoms with van der Waals surface area (Å²) < 4.78 is 17.2. The van der Waals surface area contributed by atoms with E-state index in [9.17, 15) is 0 Å². The molecule has 2 bridgehead atoms. The number of rotatable bonds is 1. The normalized spacial score (nSPS) is 52.5. The number of ether oxygens (including phenoxy) is 3. The van der Waals surface area contributed by atoms with Crippen molar-refractivity contribution in [3.05, 3.63) is 0 Å². The minimum Gasteiger partial charge on any atom is -0.323 e. The third-order valence-corrected chi connectivity index (χ3v) is 3.28. The van der Waals surface area contributed by atoms with Gasteiger partial charge in [0.2, 0.25) is 0 Å². The van der Waals surface area contributed by atoms with Gasteiger partial charge in [-0.3, -0.25) is 0 Å². The summed E-state index contributed by atoms with van der Waals surface area (Å²) in [6.45, 7) is 4.40. The van der Waals surface area contributed by atoms with E-state index in [2.05, 4.69) is 5.32 Å². The first kappa shape index (κ1) is 9.09. The lowest BCUT2D eigenvalue weighted by molar-refractivity contribution is -0.316. The second kappa shape index (κ2) is 2.92. The maximum Gasteiger partial charge on any atom is 0.300 e. The molecule has 3 rings (SSSR count). The quantitative estimate of drug-likeness (QED) is 0.672. The first-order valence-corrected chi connectivity index (χ1v) is 5.44. The molecule has 0 aromatic heterocycles. The lowest BCUT2D eigenvalue weighted by Gasteiger charge is -2.35. The van der Waals surface area contributed by atoms with Crippen molar-refractivity contribution in [3.8, 4) is 0 Å². The monoisotopic (exact) mass is 199 g/mol. The molecule has 0 aromatic rings. The molecule has 1 unspecified atom stereocenters. The maximum absolute atomic E-state index is 5.88. The van der Waals surface area contributed by atoms with Crippen LogP contribution in [0.2, 0.25) is 0 Å². The number of nitrogens with one attached hydrogen (secondary N) is 1. The van der Waals surface area contributed by atoms with Crippen molar-refractivity contribution in [2.45, 2.75) is 43.8 Å². The maximum atomic E-state index is 5.88. The average molecular weight is 199 g/mol. The van der Waals surface area contributed by atoms with Crippen molar-refractivity contribution in [2.75, 3.05) is 19.8 Å². The van der Waals surface area contributed by atoms with E-state index in [-0.39, 0.29) is 11.6 Å². The van der Waals surface area contributed by atoms with Crippen LogP contribution < -0.4 is 5.32 Å². The molecule has 3 aliphatic heterocycles. The molecule has 3 aliphatic rings. The number of fused-ring (bicyclic) bond motifs is 2. The van der Waals surface area contributed by atoms with E-state index in [1.807, 2.05) is 6.92 Å². The molecule has 0 saturated carbocycles. The van der Waals surface area contributed by atoms with Crippen LogP contribution in [0.3, 0.4) is 0 Å². The Hall–Kier alpha value is -0.160. The van der Waals surface area contributed by atoms with Gasteiger partial charge < -0.3 is 19.5 Å². The fourth-order valence-electron chi connectivity index (χ4n) is 2.48. The molecule has 3 fully saturated rings. The molecular weight excluding hydrogens is 182 g/mol. The predicted octanol–water partition coefficient (Wildman–Crippen LogP) is 0.618. The van der Waals surface area contributed by atoms with Crippen LogP contribution in [0.5, 0.6) is 0 Å². The van der Waals surface area contributed by atoms with Gasteiger partial charge in [0.05, 0.1) is 19.3 Å². The van der Waals surface area contributed by atoms with Crippen LogP contribution in [0.1, 0.15) is 26.2 Å². The summed E-state index contributed by atoms with van der Waals surface area (Å²) in [6.07, 6.45) is 3.55. The molecule has 0 amide bonds. The SMILES string of the molecule is CC12COC(C3CCCCN3)(OC1)O2. The number of hydrogen-bond acceptors (Lipinski definition) is 4. The lowest BCUT2D eigenvalue weighted by atomic mass is 10.0. The van der Waals surface area contributed by atoms with Crippen molar-refractivity contribution in [1.82, 2.24) is 5.32 Å². The predicted molar refractivity (Wildman–Crippen MR) is 49.8 cm³/mol. The van der Waals surface area contributed by atoms with Crippen molar-refractivity contribution in [2.24, 2.45) is 0 Å². The van der Waals surface area contributed by atoms with Gasteiger partial charge in [-0.15, -0.1) is 0 Å². The highest BCUT2D eigenvalue weighted by Gasteiger charge is 2.60. The Morgan fingerprint density at radius 2 is 2.00 bits per heavy atom. The van der Waals surface area contributed by atoms with E-state index in [4.69, 9.17) is 14.2 Å². The van der Waals surface area contributed by atoms with Crippen LogP contribution in [0, 0.1) is 0 Å². The fraction of sp³-hybridized carbons (Fsp3) is 1.00. The molecule has 80 valence electrons. The van der Waals surface area contributed by atoms with Gasteiger partial charge >= 0.3 is 0 Å². The number of hydrogen-bond donors (Lipinski definition) is 1. The van der Waals surface area contributed by atoms with Crippen molar-refractivity contribution in [3.63, 3.8) is 0 Å². The second-order valence-corrected chi connectivity index (χ2v) is 4.74. The Bertz CT molecular complexity index is 230. The van der Waals surface area contributed by atoms with Gasteiger partial charge in [-0.25, -0.2) is 0 Å². The molecule has 0 aliphatic carbocycles. The van der Waals surface area contributed by atoms with E-state index in [1.54, 1.807) is 0 Å². The topological polar surface area (TPSA) is 39.7 Å². The van der Waals surface area contributed by atoms with Gasteiger partial charge in [-0.05, 0) is 26.3 Å². The smallest absolute Gasteiger partial charge is 0.300 e. The van der Waals surface area contributed by atoms with Crippen LogP contribution in [-0.4, -0.2) is 37.4 Å². The van der Waals surface area contributed by atoms with Crippen molar-refractivity contribution < 1.29 is 14.2 Å². The molecule has 1 atom stereocenters. The standard InChI is InChI=1S/C10H17NO3/c1-9-6-12-10(14-9,13-7-9)8-4-2-3-5-11-8/h8,11H,2-7H2,1H3. The Labute approximate surface area is 83.9 Å². The molecule has 14 heavy (non-hydrogen) atoms. The van der Waals surface area contributed by atoms with Crippen LogP contribution in [0.4, 0.5) is 0 Å². The summed E-state index contributed by atoms with van der Waals surface area (Å²) >= 11 is 0. The third kappa shape index (κ3) is 1.21. The van der Waals surface area contributed by atoms with E-state index < -0.39 is 5.97 Å². The van der Waals surface area contributed by atoms with Gasteiger partial charge in [0.15, 0.2) is 0 Å². The average Bonchev–Trinajstić information content (AvgIpc) is 2.74. The van der Waals surface area contributed by atoms with E-state index in [0.717, 1.165) is 13.0 Å². The highest BCUT2D eigenvalue weighted by Crippen LogP contribution is 2.43. The molecule has 1 N–H and O–H groups in total. The largest absolute Gasteiger partial charge is 0.323 e. The molecule has 4 nitrogen and oxygen atoms in total. The molecule has 3 heterocycles. The Kier molecular flexibility index (Phi) is 1.89. The summed E-state index contributed by atoms with van der Waals surface area (Å²) in [7, 11) is 0. The summed E-state index contributed by atoms with van der Waals surface area (Å²) in [6, 6.07) is 0.209. The Morgan fingerprint density at radius 1 is 1.21 bits per heavy atom. The van der Waals surface area contributed by atoms with Crippen LogP contribution in [0.25, 0.3) is 0 Å². The fourth-order valence-corrected chi connectivity index (χ4v) is 2.48. The molecule has 0 radical (unpaired) electrons. The highest BCUT2D eigenvalue weighted by atomic mass is 16.9. The van der Waals surface area contributed by atoms with Gasteiger partial charge in [0.1, 0.15) is 5.60 Å². The van der Waals surface area contributed by atoms with Crippen LogP contribution >= 0.6 is 0 Å². The summed E-state index contributed by atoms with van der Waals surface area (Å²) in [5, 5.41) is 3.42. The zero-order valence-corrected chi connectivity index (χ0v) is 8.54. The summed E-state index contributed by atoms with van der Waals surface area (Å²) in [5.41, 5.74) is -0.209. The molecule has 3 saturated heterocycles. The molecule has 0 spiro atoms. The van der Waals surface area contributed by atoms with Gasteiger partial charge in [0, 0.05) is 0 Å². The lowest BCUT2D eigenvalue weighted by Crippen LogP contribution is -2.54. The zero-order chi connectivity index (χ0) is 9.65. The van der Waals surface area contributed by atoms with Crippen LogP contribution in [0.15, 0.2) is 0 Å². The third-order valence-electron chi connectivity index (χ3n) is 3.28. The molecule has 0 aromatic carbocycles.